The van der Waals surface area contributed by atoms with Crippen molar-refractivity contribution in [1.82, 2.24) is 5.32 Å². The van der Waals surface area contributed by atoms with Crippen LogP contribution in [0.3, 0.4) is 0 Å². The fraction of sp³-hybridized carbons (Fsp3) is 0.625. The van der Waals surface area contributed by atoms with Crippen LogP contribution in [0.1, 0.15) is 32.1 Å². The summed E-state index contributed by atoms with van der Waals surface area (Å²) in [4.78, 5) is 2.54. The van der Waals surface area contributed by atoms with Gasteiger partial charge in [-0.3, -0.25) is 0 Å². The normalized spacial score (nSPS) is 25.5. The summed E-state index contributed by atoms with van der Waals surface area (Å²) >= 11 is 3.51. The van der Waals surface area contributed by atoms with Crippen LogP contribution in [-0.4, -0.2) is 25.7 Å². The first-order valence-corrected chi connectivity index (χ1v) is 8.36. The average molecular weight is 323 g/mol. The van der Waals surface area contributed by atoms with Gasteiger partial charge in [-0.25, -0.2) is 0 Å². The zero-order valence-electron chi connectivity index (χ0n) is 11.4. The molecule has 2 fully saturated rings. The van der Waals surface area contributed by atoms with Gasteiger partial charge in [0.15, 0.2) is 0 Å². The van der Waals surface area contributed by atoms with Gasteiger partial charge in [0.05, 0.1) is 0 Å². The second kappa shape index (κ2) is 6.27. The zero-order chi connectivity index (χ0) is 13.1. The molecule has 1 aromatic carbocycles. The number of anilines is 1. The average Bonchev–Trinajstić information content (AvgIpc) is 2.49. The third-order valence-corrected chi connectivity index (χ3v) is 5.14. The molecule has 1 aromatic rings. The summed E-state index contributed by atoms with van der Waals surface area (Å²) in [5.74, 6) is 0.895. The van der Waals surface area contributed by atoms with Crippen LogP contribution in [0.4, 0.5) is 5.69 Å². The van der Waals surface area contributed by atoms with E-state index in [4.69, 9.17) is 0 Å². The summed E-state index contributed by atoms with van der Waals surface area (Å²) in [6.07, 6.45) is 7.15. The van der Waals surface area contributed by atoms with E-state index in [1.807, 2.05) is 0 Å². The maximum absolute atomic E-state index is 3.75. The van der Waals surface area contributed by atoms with Gasteiger partial charge in [-0.05, 0) is 43.0 Å². The number of hydrogen-bond acceptors (Lipinski definition) is 2. The molecular formula is C16H23BrN2. The number of benzene rings is 1. The smallest absolute Gasteiger partial charge is 0.0367 e. The highest BCUT2D eigenvalue weighted by atomic mass is 79.9. The molecule has 1 aliphatic heterocycles. The summed E-state index contributed by atoms with van der Waals surface area (Å²) < 4.78 is 1.16. The van der Waals surface area contributed by atoms with Crippen LogP contribution in [0, 0.1) is 5.92 Å². The van der Waals surface area contributed by atoms with E-state index >= 15 is 0 Å². The molecule has 1 heterocycles. The molecule has 0 amide bonds. The van der Waals surface area contributed by atoms with Crippen molar-refractivity contribution < 1.29 is 0 Å². The maximum atomic E-state index is 3.75. The van der Waals surface area contributed by atoms with Crippen LogP contribution >= 0.6 is 15.9 Å². The molecule has 19 heavy (non-hydrogen) atoms. The predicted molar refractivity (Wildman–Crippen MR) is 84.7 cm³/mol. The molecule has 1 saturated heterocycles. The number of nitrogens with zero attached hydrogens (tertiary/aromatic N) is 1. The van der Waals surface area contributed by atoms with E-state index in [2.05, 4.69) is 50.4 Å². The Morgan fingerprint density at radius 2 is 1.79 bits per heavy atom. The van der Waals surface area contributed by atoms with Crippen molar-refractivity contribution in [2.24, 2.45) is 5.92 Å². The largest absolute Gasteiger partial charge is 0.369 e. The highest BCUT2D eigenvalue weighted by Gasteiger charge is 2.27. The van der Waals surface area contributed by atoms with Gasteiger partial charge in [-0.2, -0.15) is 0 Å². The second-order valence-electron chi connectivity index (χ2n) is 5.88. The molecule has 1 saturated carbocycles. The van der Waals surface area contributed by atoms with Crippen LogP contribution in [0.25, 0.3) is 0 Å². The van der Waals surface area contributed by atoms with E-state index in [-0.39, 0.29) is 0 Å². The van der Waals surface area contributed by atoms with Crippen LogP contribution < -0.4 is 10.2 Å². The van der Waals surface area contributed by atoms with Gasteiger partial charge in [0.1, 0.15) is 0 Å². The lowest BCUT2D eigenvalue weighted by atomic mass is 9.83. The van der Waals surface area contributed by atoms with Crippen molar-refractivity contribution in [2.45, 2.75) is 38.1 Å². The Labute approximate surface area is 124 Å². The fourth-order valence-electron chi connectivity index (χ4n) is 3.52. The number of piperazine rings is 1. The Morgan fingerprint density at radius 1 is 1.05 bits per heavy atom. The lowest BCUT2D eigenvalue weighted by Crippen LogP contribution is -2.54. The van der Waals surface area contributed by atoms with Gasteiger partial charge in [0, 0.05) is 35.8 Å². The lowest BCUT2D eigenvalue weighted by molar-refractivity contribution is 0.257. The van der Waals surface area contributed by atoms with E-state index in [1.165, 1.54) is 44.3 Å². The van der Waals surface area contributed by atoms with Crippen LogP contribution in [0.15, 0.2) is 28.7 Å². The molecule has 0 aromatic heterocycles. The first kappa shape index (κ1) is 13.4. The quantitative estimate of drug-likeness (QED) is 0.890. The zero-order valence-corrected chi connectivity index (χ0v) is 13.0. The van der Waals surface area contributed by atoms with E-state index in [0.29, 0.717) is 6.04 Å². The Kier molecular flexibility index (Phi) is 4.44. The molecular weight excluding hydrogens is 300 g/mol. The molecule has 104 valence electrons. The fourth-order valence-corrected chi connectivity index (χ4v) is 3.78. The topological polar surface area (TPSA) is 15.3 Å². The molecule has 0 bridgehead atoms. The molecule has 3 rings (SSSR count). The van der Waals surface area contributed by atoms with Crippen molar-refractivity contribution in [1.29, 1.82) is 0 Å². The van der Waals surface area contributed by atoms with Crippen molar-refractivity contribution in [3.63, 3.8) is 0 Å². The van der Waals surface area contributed by atoms with Gasteiger partial charge in [0.25, 0.3) is 0 Å². The Bertz CT molecular complexity index is 398. The second-order valence-corrected chi connectivity index (χ2v) is 6.80. The maximum Gasteiger partial charge on any atom is 0.0367 e. The monoisotopic (exact) mass is 322 g/mol. The summed E-state index contributed by atoms with van der Waals surface area (Å²) in [5.41, 5.74) is 1.37. The van der Waals surface area contributed by atoms with Crippen LogP contribution in [0.2, 0.25) is 0 Å². The van der Waals surface area contributed by atoms with E-state index in [0.717, 1.165) is 23.5 Å². The van der Waals surface area contributed by atoms with E-state index < -0.39 is 0 Å². The van der Waals surface area contributed by atoms with Crippen molar-refractivity contribution in [2.75, 3.05) is 24.5 Å². The third-order valence-electron chi connectivity index (χ3n) is 4.62. The molecule has 1 aliphatic carbocycles. The Hall–Kier alpha value is -0.540. The number of hydrogen-bond donors (Lipinski definition) is 1. The van der Waals surface area contributed by atoms with Crippen LogP contribution in [0.5, 0.6) is 0 Å². The molecule has 1 atom stereocenters. The molecule has 3 heteroatoms. The minimum atomic E-state index is 0.692. The van der Waals surface area contributed by atoms with Gasteiger partial charge in [-0.15, -0.1) is 0 Å². The minimum Gasteiger partial charge on any atom is -0.369 e. The van der Waals surface area contributed by atoms with Crippen LogP contribution in [-0.2, 0) is 0 Å². The lowest BCUT2D eigenvalue weighted by Gasteiger charge is -2.40. The third kappa shape index (κ3) is 3.32. The molecule has 2 aliphatic rings. The van der Waals surface area contributed by atoms with Gasteiger partial charge in [-0.1, -0.05) is 35.2 Å². The van der Waals surface area contributed by atoms with Gasteiger partial charge >= 0.3 is 0 Å². The minimum absolute atomic E-state index is 0.692. The van der Waals surface area contributed by atoms with Crippen molar-refractivity contribution >= 4 is 21.6 Å². The molecule has 0 radical (unpaired) electrons. The first-order chi connectivity index (χ1) is 9.33. The summed E-state index contributed by atoms with van der Waals surface area (Å²) in [5, 5.41) is 3.75. The Morgan fingerprint density at radius 3 is 2.53 bits per heavy atom. The molecule has 2 nitrogen and oxygen atoms in total. The van der Waals surface area contributed by atoms with E-state index in [1.54, 1.807) is 0 Å². The predicted octanol–water partition coefficient (Wildman–Crippen LogP) is 3.81. The Balaban J connectivity index is 1.65. The van der Waals surface area contributed by atoms with Crippen molar-refractivity contribution in [3.05, 3.63) is 28.7 Å². The number of nitrogens with one attached hydrogen (secondary N) is 1. The van der Waals surface area contributed by atoms with Gasteiger partial charge in [0.2, 0.25) is 0 Å². The van der Waals surface area contributed by atoms with Gasteiger partial charge < -0.3 is 10.2 Å². The number of halogens is 1. The van der Waals surface area contributed by atoms with E-state index in [9.17, 15) is 0 Å². The highest BCUT2D eigenvalue weighted by molar-refractivity contribution is 9.10. The van der Waals surface area contributed by atoms with Crippen molar-refractivity contribution in [3.8, 4) is 0 Å². The molecule has 1 N–H and O–H groups in total. The molecule has 1 unspecified atom stereocenters. The molecule has 0 spiro atoms. The summed E-state index contributed by atoms with van der Waals surface area (Å²) in [6.45, 7) is 3.42. The standard InChI is InChI=1S/C16H23BrN2/c17-14-6-8-15(9-7-14)19-11-10-18-16(12-19)13-4-2-1-3-5-13/h6-9,13,16,18H,1-5,10-12H2. The first-order valence-electron chi connectivity index (χ1n) is 7.57. The highest BCUT2D eigenvalue weighted by Crippen LogP contribution is 2.29. The summed E-state index contributed by atoms with van der Waals surface area (Å²) in [6, 6.07) is 9.44. The number of rotatable bonds is 2. The summed E-state index contributed by atoms with van der Waals surface area (Å²) in [7, 11) is 0. The SMILES string of the molecule is Brc1ccc(N2CCNC(C3CCCCC3)C2)cc1.